The van der Waals surface area contributed by atoms with Crippen LogP contribution in [0.4, 0.5) is 5.69 Å². The van der Waals surface area contributed by atoms with Crippen LogP contribution in [0.2, 0.25) is 10.3 Å². The number of nitrogens with one attached hydrogen (secondary N) is 1. The predicted octanol–water partition coefficient (Wildman–Crippen LogP) is 4.11. The van der Waals surface area contributed by atoms with Gasteiger partial charge in [-0.3, -0.25) is 4.72 Å². The van der Waals surface area contributed by atoms with Crippen LogP contribution in [0.25, 0.3) is 0 Å². The smallest absolute Gasteiger partial charge is 0.262 e. The molecule has 0 atom stereocenters. The molecule has 0 fully saturated rings. The zero-order chi connectivity index (χ0) is 15.8. The Hall–Kier alpha value is -1.30. The van der Waals surface area contributed by atoms with Gasteiger partial charge in [-0.25, -0.2) is 13.4 Å². The number of halogens is 2. The van der Waals surface area contributed by atoms with Gasteiger partial charge >= 0.3 is 0 Å². The number of nitrogens with zero attached hydrogens (tertiary/aromatic N) is 1. The molecule has 2 rings (SSSR count). The number of aryl methyl sites for hydroxylation is 3. The second-order valence-electron chi connectivity index (χ2n) is 4.80. The van der Waals surface area contributed by atoms with E-state index in [0.29, 0.717) is 11.1 Å². The summed E-state index contributed by atoms with van der Waals surface area (Å²) >= 11 is 11.8. The molecule has 0 saturated carbocycles. The number of hydrogen-bond acceptors (Lipinski definition) is 3. The number of aromatic nitrogens is 1. The minimum absolute atomic E-state index is 0.0221. The van der Waals surface area contributed by atoms with Crippen molar-refractivity contribution in [3.05, 3.63) is 51.3 Å². The standard InChI is InChI=1S/C14H14Cl2N2O2S/c1-8-4-5-9(2)11(6-8)21(19,20)18-13-10(3)7-12(15)17-14(13)16/h4-7,18H,1-3H3. The average Bonchev–Trinajstić information content (AvgIpc) is 2.36. The minimum atomic E-state index is -3.74. The highest BCUT2D eigenvalue weighted by Crippen LogP contribution is 2.29. The van der Waals surface area contributed by atoms with E-state index in [4.69, 9.17) is 23.2 Å². The molecule has 1 aromatic carbocycles. The molecule has 1 aromatic heterocycles. The minimum Gasteiger partial charge on any atom is -0.276 e. The lowest BCUT2D eigenvalue weighted by Gasteiger charge is -2.14. The first kappa shape index (κ1) is 16.1. The van der Waals surface area contributed by atoms with Gasteiger partial charge < -0.3 is 0 Å². The summed E-state index contributed by atoms with van der Waals surface area (Å²) in [4.78, 5) is 4.07. The van der Waals surface area contributed by atoms with Crippen molar-refractivity contribution in [2.24, 2.45) is 0 Å². The second-order valence-corrected chi connectivity index (χ2v) is 7.20. The zero-order valence-corrected chi connectivity index (χ0v) is 14.1. The van der Waals surface area contributed by atoms with E-state index in [0.717, 1.165) is 5.56 Å². The lowest BCUT2D eigenvalue weighted by Crippen LogP contribution is -2.16. The van der Waals surface area contributed by atoms with Crippen LogP contribution in [-0.4, -0.2) is 13.4 Å². The molecule has 1 heterocycles. The molecular formula is C14H14Cl2N2O2S. The molecule has 0 saturated heterocycles. The fourth-order valence-corrected chi connectivity index (χ4v) is 4.01. The summed E-state index contributed by atoms with van der Waals surface area (Å²) < 4.78 is 27.6. The van der Waals surface area contributed by atoms with Crippen LogP contribution in [0.15, 0.2) is 29.2 Å². The van der Waals surface area contributed by atoms with Crippen LogP contribution >= 0.6 is 23.2 Å². The lowest BCUT2D eigenvalue weighted by atomic mass is 10.2. The Labute approximate surface area is 134 Å². The Morgan fingerprint density at radius 2 is 1.71 bits per heavy atom. The van der Waals surface area contributed by atoms with E-state index in [1.54, 1.807) is 32.0 Å². The third-order valence-corrected chi connectivity index (χ3v) is 4.97. The van der Waals surface area contributed by atoms with E-state index >= 15 is 0 Å². The van der Waals surface area contributed by atoms with Crippen LogP contribution < -0.4 is 4.72 Å². The quantitative estimate of drug-likeness (QED) is 0.852. The number of rotatable bonds is 3. The van der Waals surface area contributed by atoms with Gasteiger partial charge in [0.05, 0.1) is 10.6 Å². The largest absolute Gasteiger partial charge is 0.276 e. The Kier molecular flexibility index (Phi) is 4.46. The third-order valence-electron chi connectivity index (χ3n) is 3.01. The second kappa shape index (κ2) is 5.83. The van der Waals surface area contributed by atoms with Crippen LogP contribution in [-0.2, 0) is 10.0 Å². The van der Waals surface area contributed by atoms with Gasteiger partial charge in [-0.1, -0.05) is 35.3 Å². The first-order valence-corrected chi connectivity index (χ1v) is 8.37. The fourth-order valence-electron chi connectivity index (χ4n) is 1.90. The molecule has 21 heavy (non-hydrogen) atoms. The normalized spacial score (nSPS) is 11.5. The molecule has 0 radical (unpaired) electrons. The van der Waals surface area contributed by atoms with E-state index in [-0.39, 0.29) is 20.9 Å². The van der Waals surface area contributed by atoms with Gasteiger partial charge in [0, 0.05) is 0 Å². The van der Waals surface area contributed by atoms with Crippen LogP contribution in [0.1, 0.15) is 16.7 Å². The van der Waals surface area contributed by atoms with Crippen LogP contribution in [0, 0.1) is 20.8 Å². The molecule has 112 valence electrons. The molecule has 0 aliphatic rings. The average molecular weight is 345 g/mol. The van der Waals surface area contributed by atoms with Gasteiger partial charge in [-0.15, -0.1) is 0 Å². The van der Waals surface area contributed by atoms with E-state index in [2.05, 4.69) is 9.71 Å². The highest BCUT2D eigenvalue weighted by atomic mass is 35.5. The Balaban J connectivity index is 2.50. The van der Waals surface area contributed by atoms with Crippen molar-refractivity contribution in [3.63, 3.8) is 0 Å². The molecule has 2 aromatic rings. The Morgan fingerprint density at radius 3 is 2.33 bits per heavy atom. The number of pyridine rings is 1. The van der Waals surface area contributed by atoms with E-state index in [1.807, 2.05) is 13.0 Å². The maximum absolute atomic E-state index is 12.5. The Morgan fingerprint density at radius 1 is 1.05 bits per heavy atom. The number of hydrogen-bond donors (Lipinski definition) is 1. The van der Waals surface area contributed by atoms with Gasteiger partial charge in [-0.2, -0.15) is 0 Å². The van der Waals surface area contributed by atoms with Crippen molar-refractivity contribution in [3.8, 4) is 0 Å². The number of anilines is 1. The van der Waals surface area contributed by atoms with Crippen molar-refractivity contribution in [2.75, 3.05) is 4.72 Å². The summed E-state index contributed by atoms with van der Waals surface area (Å²) in [6, 6.07) is 6.79. The zero-order valence-electron chi connectivity index (χ0n) is 11.7. The molecule has 0 spiro atoms. The number of benzene rings is 1. The predicted molar refractivity (Wildman–Crippen MR) is 85.7 cm³/mol. The maximum atomic E-state index is 12.5. The summed E-state index contributed by atoms with van der Waals surface area (Å²) in [7, 11) is -3.74. The molecule has 0 bridgehead atoms. The Bertz CT molecular complexity index is 782. The van der Waals surface area contributed by atoms with E-state index in [1.165, 1.54) is 0 Å². The van der Waals surface area contributed by atoms with Crippen LogP contribution in [0.3, 0.4) is 0 Å². The molecule has 0 unspecified atom stereocenters. The van der Waals surface area contributed by atoms with Gasteiger partial charge in [0.1, 0.15) is 5.15 Å². The van der Waals surface area contributed by atoms with Gasteiger partial charge in [-0.05, 0) is 49.6 Å². The molecule has 0 aliphatic heterocycles. The molecule has 4 nitrogen and oxygen atoms in total. The van der Waals surface area contributed by atoms with Crippen molar-refractivity contribution < 1.29 is 8.42 Å². The highest BCUT2D eigenvalue weighted by molar-refractivity contribution is 7.92. The lowest BCUT2D eigenvalue weighted by molar-refractivity contribution is 0.600. The van der Waals surface area contributed by atoms with Gasteiger partial charge in [0.15, 0.2) is 5.15 Å². The van der Waals surface area contributed by atoms with Gasteiger partial charge in [0.2, 0.25) is 0 Å². The monoisotopic (exact) mass is 344 g/mol. The molecular weight excluding hydrogens is 331 g/mol. The van der Waals surface area contributed by atoms with Crippen molar-refractivity contribution in [1.29, 1.82) is 0 Å². The summed E-state index contributed by atoms with van der Waals surface area (Å²) in [5.41, 5.74) is 2.36. The van der Waals surface area contributed by atoms with Crippen molar-refractivity contribution in [2.45, 2.75) is 25.7 Å². The summed E-state index contributed by atoms with van der Waals surface area (Å²) in [5, 5.41) is 0.237. The van der Waals surface area contributed by atoms with Crippen LogP contribution in [0.5, 0.6) is 0 Å². The first-order valence-electron chi connectivity index (χ1n) is 6.13. The van der Waals surface area contributed by atoms with Crippen molar-refractivity contribution >= 4 is 38.9 Å². The SMILES string of the molecule is Cc1ccc(C)c(S(=O)(=O)Nc2c(C)cc(Cl)nc2Cl)c1. The summed E-state index contributed by atoms with van der Waals surface area (Å²) in [5.74, 6) is 0. The molecule has 7 heteroatoms. The third kappa shape index (κ3) is 3.48. The topological polar surface area (TPSA) is 59.1 Å². The first-order chi connectivity index (χ1) is 9.70. The number of sulfonamides is 1. The summed E-state index contributed by atoms with van der Waals surface area (Å²) in [6.07, 6.45) is 0. The molecule has 0 aliphatic carbocycles. The molecule has 0 amide bonds. The molecule has 1 N–H and O–H groups in total. The van der Waals surface area contributed by atoms with Gasteiger partial charge in [0.25, 0.3) is 10.0 Å². The van der Waals surface area contributed by atoms with Crippen molar-refractivity contribution in [1.82, 2.24) is 4.98 Å². The summed E-state index contributed by atoms with van der Waals surface area (Å²) in [6.45, 7) is 5.28. The van der Waals surface area contributed by atoms with E-state index < -0.39 is 10.0 Å². The van der Waals surface area contributed by atoms with E-state index in [9.17, 15) is 8.42 Å². The maximum Gasteiger partial charge on any atom is 0.262 e. The fraction of sp³-hybridized carbons (Fsp3) is 0.214. The highest BCUT2D eigenvalue weighted by Gasteiger charge is 2.20.